The standard InChI is InChI=1S/C24H27N7O2/c25-21(26)18-14-30-19-2-1-15(13-17(18)19)3-7-24(8-4-16(5-9-24)22(27)33)20-6-10-28-23(31-20)29-11-12-32/h1-2,4-6,8-10,13-14,16,30,32H,3,7,11-12H2,(H3,25,26)(H2,27,33)(H,28,29,31). The summed E-state index contributed by atoms with van der Waals surface area (Å²) in [7, 11) is 0. The Morgan fingerprint density at radius 2 is 2.03 bits per heavy atom. The molecule has 1 aromatic carbocycles. The first-order valence-corrected chi connectivity index (χ1v) is 10.7. The van der Waals surface area contributed by atoms with E-state index >= 15 is 0 Å². The lowest BCUT2D eigenvalue weighted by Crippen LogP contribution is -2.30. The molecule has 1 amide bonds. The number of fused-ring (bicyclic) bond motifs is 1. The molecule has 0 unspecified atom stereocenters. The number of anilines is 1. The van der Waals surface area contributed by atoms with Gasteiger partial charge in [0.05, 0.1) is 18.2 Å². The quantitative estimate of drug-likeness (QED) is 0.167. The number of aryl methyl sites for hydroxylation is 1. The number of carbonyl (C=O) groups excluding carboxylic acids is 1. The number of allylic oxidation sites excluding steroid dienone is 2. The first-order valence-electron chi connectivity index (χ1n) is 10.7. The van der Waals surface area contributed by atoms with Crippen LogP contribution in [0.2, 0.25) is 0 Å². The number of carbonyl (C=O) groups is 1. The van der Waals surface area contributed by atoms with E-state index in [0.29, 0.717) is 24.5 Å². The predicted molar refractivity (Wildman–Crippen MR) is 128 cm³/mol. The van der Waals surface area contributed by atoms with Gasteiger partial charge in [-0.05, 0) is 36.6 Å². The van der Waals surface area contributed by atoms with E-state index in [4.69, 9.17) is 22.0 Å². The summed E-state index contributed by atoms with van der Waals surface area (Å²) < 4.78 is 0. The van der Waals surface area contributed by atoms with Crippen LogP contribution in [0.4, 0.5) is 5.95 Å². The summed E-state index contributed by atoms with van der Waals surface area (Å²) in [5.41, 5.74) is 14.1. The van der Waals surface area contributed by atoms with Gasteiger partial charge in [0, 0.05) is 40.8 Å². The maximum Gasteiger partial charge on any atom is 0.228 e. The number of H-pyrrole nitrogens is 1. The molecule has 9 nitrogen and oxygen atoms in total. The zero-order valence-corrected chi connectivity index (χ0v) is 18.1. The minimum absolute atomic E-state index is 0.0226. The number of amidine groups is 1. The Morgan fingerprint density at radius 3 is 2.73 bits per heavy atom. The van der Waals surface area contributed by atoms with E-state index in [2.05, 4.69) is 20.3 Å². The van der Waals surface area contributed by atoms with Gasteiger partial charge in [-0.25, -0.2) is 9.97 Å². The van der Waals surface area contributed by atoms with E-state index < -0.39 is 17.2 Å². The normalized spacial score (nSPS) is 19.6. The van der Waals surface area contributed by atoms with Gasteiger partial charge in [-0.2, -0.15) is 0 Å². The van der Waals surface area contributed by atoms with Crippen LogP contribution in [0.5, 0.6) is 0 Å². The molecule has 1 aliphatic rings. The van der Waals surface area contributed by atoms with Gasteiger partial charge in [0.15, 0.2) is 0 Å². The lowest BCUT2D eigenvalue weighted by atomic mass is 9.74. The third-order valence-corrected chi connectivity index (χ3v) is 5.92. The van der Waals surface area contributed by atoms with Crippen LogP contribution in [0.15, 0.2) is 61.0 Å². The summed E-state index contributed by atoms with van der Waals surface area (Å²) in [6.07, 6.45) is 12.4. The van der Waals surface area contributed by atoms with Crippen molar-refractivity contribution in [1.29, 1.82) is 5.41 Å². The van der Waals surface area contributed by atoms with E-state index in [1.807, 2.05) is 48.6 Å². The van der Waals surface area contributed by atoms with E-state index in [9.17, 15) is 4.79 Å². The van der Waals surface area contributed by atoms with Gasteiger partial charge in [-0.3, -0.25) is 10.2 Å². The number of hydrogen-bond donors (Lipinski definition) is 6. The fraction of sp³-hybridized carbons (Fsp3) is 0.250. The van der Waals surface area contributed by atoms with Gasteiger partial charge in [0.1, 0.15) is 5.84 Å². The van der Waals surface area contributed by atoms with Gasteiger partial charge >= 0.3 is 0 Å². The van der Waals surface area contributed by atoms with E-state index in [-0.39, 0.29) is 12.4 Å². The maximum atomic E-state index is 11.7. The summed E-state index contributed by atoms with van der Waals surface area (Å²) >= 11 is 0. The second kappa shape index (κ2) is 9.25. The summed E-state index contributed by atoms with van der Waals surface area (Å²) in [6.45, 7) is 0.323. The molecule has 0 fully saturated rings. The summed E-state index contributed by atoms with van der Waals surface area (Å²) in [6, 6.07) is 7.94. The second-order valence-corrected chi connectivity index (χ2v) is 8.10. The Kier molecular flexibility index (Phi) is 6.23. The Balaban J connectivity index is 1.65. The highest BCUT2D eigenvalue weighted by atomic mass is 16.3. The van der Waals surface area contributed by atoms with Crippen LogP contribution in [0.25, 0.3) is 10.9 Å². The van der Waals surface area contributed by atoms with Gasteiger partial charge in [0.2, 0.25) is 11.9 Å². The molecule has 2 heterocycles. The Labute approximate surface area is 191 Å². The SMILES string of the molecule is N=C(N)c1c[nH]c2ccc(CCC3(c4ccnc(NCCO)n4)C=CC(C(N)=O)C=C3)cc12. The van der Waals surface area contributed by atoms with E-state index in [1.54, 1.807) is 12.4 Å². The number of nitrogens with two attached hydrogens (primary N) is 2. The first-order chi connectivity index (χ1) is 15.9. The number of rotatable bonds is 9. The molecule has 4 rings (SSSR count). The Hall–Kier alpha value is -3.98. The molecule has 1 aliphatic carbocycles. The number of nitrogens with one attached hydrogen (secondary N) is 3. The molecule has 0 saturated heterocycles. The third kappa shape index (κ3) is 4.63. The van der Waals surface area contributed by atoms with Crippen molar-refractivity contribution >= 4 is 28.6 Å². The number of aliphatic hydroxyl groups excluding tert-OH is 1. The number of amides is 1. The van der Waals surface area contributed by atoms with Crippen molar-refractivity contribution < 1.29 is 9.90 Å². The molecule has 2 aromatic heterocycles. The topological polar surface area (TPSA) is 167 Å². The number of aromatic nitrogens is 3. The zero-order chi connectivity index (χ0) is 23.4. The smallest absolute Gasteiger partial charge is 0.228 e. The second-order valence-electron chi connectivity index (χ2n) is 8.10. The molecule has 9 heteroatoms. The number of aliphatic hydroxyl groups is 1. The fourth-order valence-electron chi connectivity index (χ4n) is 4.09. The molecule has 3 aromatic rings. The first kappa shape index (κ1) is 22.2. The molecule has 8 N–H and O–H groups in total. The lowest BCUT2D eigenvalue weighted by Gasteiger charge is -2.30. The number of benzene rings is 1. The molecule has 170 valence electrons. The van der Waals surface area contributed by atoms with E-state index in [0.717, 1.165) is 28.6 Å². The molecule has 0 saturated carbocycles. The van der Waals surface area contributed by atoms with Crippen molar-refractivity contribution in [3.63, 3.8) is 0 Å². The van der Waals surface area contributed by atoms with Crippen LogP contribution >= 0.6 is 0 Å². The number of nitrogens with zero attached hydrogens (tertiary/aromatic N) is 2. The average Bonchev–Trinajstić information content (AvgIpc) is 3.25. The van der Waals surface area contributed by atoms with Crippen LogP contribution in [0.1, 0.15) is 23.2 Å². The van der Waals surface area contributed by atoms with E-state index in [1.165, 1.54) is 0 Å². The highest BCUT2D eigenvalue weighted by Gasteiger charge is 2.32. The predicted octanol–water partition coefficient (Wildman–Crippen LogP) is 1.74. The van der Waals surface area contributed by atoms with Crippen LogP contribution in [-0.4, -0.2) is 45.0 Å². The van der Waals surface area contributed by atoms with Crippen molar-refractivity contribution in [2.45, 2.75) is 18.3 Å². The summed E-state index contributed by atoms with van der Waals surface area (Å²) in [4.78, 5) is 23.7. The molecular weight excluding hydrogens is 418 g/mol. The van der Waals surface area contributed by atoms with Crippen molar-refractivity contribution in [2.24, 2.45) is 17.4 Å². The number of hydrogen-bond acceptors (Lipinski definition) is 6. The molecule has 0 atom stereocenters. The number of nitrogen functional groups attached to an aromatic ring is 1. The summed E-state index contributed by atoms with van der Waals surface area (Å²) in [5, 5.41) is 20.8. The highest BCUT2D eigenvalue weighted by Crippen LogP contribution is 2.36. The molecule has 0 aliphatic heterocycles. The molecule has 0 radical (unpaired) electrons. The van der Waals surface area contributed by atoms with Crippen LogP contribution in [0, 0.1) is 11.3 Å². The van der Waals surface area contributed by atoms with Gasteiger partial charge in [-0.15, -0.1) is 0 Å². The van der Waals surface area contributed by atoms with Crippen molar-refractivity contribution in [2.75, 3.05) is 18.5 Å². The lowest BCUT2D eigenvalue weighted by molar-refractivity contribution is -0.119. The van der Waals surface area contributed by atoms with Gasteiger partial charge < -0.3 is 26.9 Å². The maximum absolute atomic E-state index is 11.7. The largest absolute Gasteiger partial charge is 0.395 e. The minimum atomic E-state index is -0.555. The summed E-state index contributed by atoms with van der Waals surface area (Å²) in [5.74, 6) is -0.408. The van der Waals surface area contributed by atoms with Crippen molar-refractivity contribution in [3.05, 3.63) is 77.8 Å². The van der Waals surface area contributed by atoms with Crippen LogP contribution in [0.3, 0.4) is 0 Å². The fourth-order valence-corrected chi connectivity index (χ4v) is 4.09. The molecule has 0 spiro atoms. The van der Waals surface area contributed by atoms with Gasteiger partial charge in [0.25, 0.3) is 0 Å². The highest BCUT2D eigenvalue weighted by molar-refractivity contribution is 6.07. The monoisotopic (exact) mass is 445 g/mol. The molecule has 0 bridgehead atoms. The molecular formula is C24H27N7O2. The number of primary amides is 1. The number of aromatic amines is 1. The average molecular weight is 446 g/mol. The third-order valence-electron chi connectivity index (χ3n) is 5.92. The minimum Gasteiger partial charge on any atom is -0.395 e. The zero-order valence-electron chi connectivity index (χ0n) is 18.1. The Bertz CT molecular complexity index is 1230. The van der Waals surface area contributed by atoms with Crippen LogP contribution < -0.4 is 16.8 Å². The van der Waals surface area contributed by atoms with Gasteiger partial charge in [-0.1, -0.05) is 30.4 Å². The van der Waals surface area contributed by atoms with Crippen molar-refractivity contribution in [3.8, 4) is 0 Å². The van der Waals surface area contributed by atoms with Crippen molar-refractivity contribution in [1.82, 2.24) is 15.0 Å². The van der Waals surface area contributed by atoms with Crippen LogP contribution in [-0.2, 0) is 16.6 Å². The molecule has 33 heavy (non-hydrogen) atoms. The Morgan fingerprint density at radius 1 is 1.24 bits per heavy atom.